The van der Waals surface area contributed by atoms with E-state index in [9.17, 15) is 0 Å². The molecule has 1 aliphatic rings. The highest BCUT2D eigenvalue weighted by Crippen LogP contribution is 2.05. The second kappa shape index (κ2) is 6.28. The van der Waals surface area contributed by atoms with Gasteiger partial charge in [0.1, 0.15) is 0 Å². The van der Waals surface area contributed by atoms with Gasteiger partial charge in [-0.25, -0.2) is 0 Å². The van der Waals surface area contributed by atoms with Crippen molar-refractivity contribution in [2.45, 2.75) is 33.3 Å². The highest BCUT2D eigenvalue weighted by molar-refractivity contribution is 7.80. The molecule has 1 fully saturated rings. The molecular weight excluding hydrogens is 208 g/mol. The van der Waals surface area contributed by atoms with Crippen LogP contribution in [0.5, 0.6) is 0 Å². The zero-order valence-electron chi connectivity index (χ0n) is 9.95. The summed E-state index contributed by atoms with van der Waals surface area (Å²) in [5.41, 5.74) is 0. The quantitative estimate of drug-likeness (QED) is 0.729. The maximum Gasteiger partial charge on any atom is 0.169 e. The molecule has 0 bridgehead atoms. The van der Waals surface area contributed by atoms with Crippen molar-refractivity contribution in [2.24, 2.45) is 5.92 Å². The topological polar surface area (TPSA) is 24.5 Å². The SMILES string of the molecule is CC(C)CNC(=S)N1CCCOC(C)C1. The summed E-state index contributed by atoms with van der Waals surface area (Å²) >= 11 is 5.36. The molecule has 1 aliphatic heterocycles. The zero-order chi connectivity index (χ0) is 11.3. The smallest absolute Gasteiger partial charge is 0.169 e. The second-order valence-electron chi connectivity index (χ2n) is 4.56. The molecule has 88 valence electrons. The molecule has 1 atom stereocenters. The summed E-state index contributed by atoms with van der Waals surface area (Å²) in [7, 11) is 0. The van der Waals surface area contributed by atoms with E-state index in [1.54, 1.807) is 0 Å². The second-order valence-corrected chi connectivity index (χ2v) is 4.95. The van der Waals surface area contributed by atoms with Crippen LogP contribution >= 0.6 is 12.2 Å². The summed E-state index contributed by atoms with van der Waals surface area (Å²) in [5.74, 6) is 0.628. The van der Waals surface area contributed by atoms with E-state index < -0.39 is 0 Å². The Morgan fingerprint density at radius 1 is 1.60 bits per heavy atom. The molecule has 1 unspecified atom stereocenters. The largest absolute Gasteiger partial charge is 0.377 e. The summed E-state index contributed by atoms with van der Waals surface area (Å²) in [6, 6.07) is 0. The molecule has 0 aromatic heterocycles. The van der Waals surface area contributed by atoms with E-state index in [2.05, 4.69) is 31.0 Å². The minimum atomic E-state index is 0.284. The van der Waals surface area contributed by atoms with Gasteiger partial charge in [-0.2, -0.15) is 0 Å². The molecule has 3 nitrogen and oxygen atoms in total. The van der Waals surface area contributed by atoms with Crippen molar-refractivity contribution >= 4 is 17.3 Å². The van der Waals surface area contributed by atoms with E-state index in [1.807, 2.05) is 0 Å². The van der Waals surface area contributed by atoms with Crippen LogP contribution in [0, 0.1) is 5.92 Å². The standard InChI is InChI=1S/C11H22N2OS/c1-9(2)7-12-11(15)13-5-4-6-14-10(3)8-13/h9-10H,4-8H2,1-3H3,(H,12,15). The molecule has 1 N–H and O–H groups in total. The molecule has 0 aliphatic carbocycles. The van der Waals surface area contributed by atoms with Gasteiger partial charge in [0.2, 0.25) is 0 Å². The number of nitrogens with zero attached hydrogens (tertiary/aromatic N) is 1. The summed E-state index contributed by atoms with van der Waals surface area (Å²) in [4.78, 5) is 2.22. The maximum atomic E-state index is 5.58. The van der Waals surface area contributed by atoms with Crippen LogP contribution in [-0.4, -0.2) is 42.4 Å². The Hall–Kier alpha value is -0.350. The van der Waals surface area contributed by atoms with Gasteiger partial charge in [-0.3, -0.25) is 0 Å². The Kier molecular flexibility index (Phi) is 5.32. The van der Waals surface area contributed by atoms with Gasteiger partial charge in [-0.05, 0) is 31.5 Å². The first-order chi connectivity index (χ1) is 7.09. The van der Waals surface area contributed by atoms with Gasteiger partial charge in [-0.1, -0.05) is 13.8 Å². The van der Waals surface area contributed by atoms with E-state index in [-0.39, 0.29) is 6.10 Å². The summed E-state index contributed by atoms with van der Waals surface area (Å²) in [6.07, 6.45) is 1.35. The van der Waals surface area contributed by atoms with Crippen LogP contribution in [-0.2, 0) is 4.74 Å². The van der Waals surface area contributed by atoms with Crippen molar-refractivity contribution in [2.75, 3.05) is 26.2 Å². The molecule has 0 spiro atoms. The normalized spacial score (nSPS) is 22.7. The Morgan fingerprint density at radius 3 is 3.00 bits per heavy atom. The van der Waals surface area contributed by atoms with Crippen molar-refractivity contribution in [3.8, 4) is 0 Å². The minimum Gasteiger partial charge on any atom is -0.377 e. The van der Waals surface area contributed by atoms with E-state index in [0.717, 1.165) is 37.8 Å². The molecule has 0 aromatic carbocycles. The molecule has 0 aromatic rings. The average molecular weight is 230 g/mol. The Bertz CT molecular complexity index is 209. The van der Waals surface area contributed by atoms with Crippen LogP contribution in [0.1, 0.15) is 27.2 Å². The predicted molar refractivity (Wildman–Crippen MR) is 67.0 cm³/mol. The molecule has 1 heterocycles. The van der Waals surface area contributed by atoms with Crippen molar-refractivity contribution in [1.29, 1.82) is 0 Å². The van der Waals surface area contributed by atoms with Crippen LogP contribution < -0.4 is 5.32 Å². The Labute approximate surface area is 98.2 Å². The number of hydrogen-bond acceptors (Lipinski definition) is 2. The summed E-state index contributed by atoms with van der Waals surface area (Å²) in [5, 5.41) is 4.18. The monoisotopic (exact) mass is 230 g/mol. The third-order valence-corrected chi connectivity index (χ3v) is 2.80. The summed E-state index contributed by atoms with van der Waals surface area (Å²) < 4.78 is 5.58. The first-order valence-electron chi connectivity index (χ1n) is 5.74. The molecule has 0 amide bonds. The zero-order valence-corrected chi connectivity index (χ0v) is 10.8. The van der Waals surface area contributed by atoms with Gasteiger partial charge in [0.15, 0.2) is 5.11 Å². The van der Waals surface area contributed by atoms with Crippen molar-refractivity contribution in [3.05, 3.63) is 0 Å². The highest BCUT2D eigenvalue weighted by atomic mass is 32.1. The van der Waals surface area contributed by atoms with E-state index in [1.165, 1.54) is 0 Å². The Morgan fingerprint density at radius 2 is 2.33 bits per heavy atom. The molecule has 0 radical (unpaired) electrons. The minimum absolute atomic E-state index is 0.284. The molecule has 0 saturated carbocycles. The maximum absolute atomic E-state index is 5.58. The number of ether oxygens (including phenoxy) is 1. The van der Waals surface area contributed by atoms with E-state index in [0.29, 0.717) is 5.92 Å². The molecule has 4 heteroatoms. The fourth-order valence-corrected chi connectivity index (χ4v) is 1.83. The van der Waals surface area contributed by atoms with Gasteiger partial charge in [0.25, 0.3) is 0 Å². The first kappa shape index (κ1) is 12.7. The van der Waals surface area contributed by atoms with Gasteiger partial charge in [0, 0.05) is 26.2 Å². The van der Waals surface area contributed by atoms with Crippen LogP contribution in [0.2, 0.25) is 0 Å². The number of nitrogens with one attached hydrogen (secondary N) is 1. The lowest BCUT2D eigenvalue weighted by molar-refractivity contribution is 0.0743. The fraction of sp³-hybridized carbons (Fsp3) is 0.909. The van der Waals surface area contributed by atoms with Crippen LogP contribution in [0.4, 0.5) is 0 Å². The lowest BCUT2D eigenvalue weighted by Gasteiger charge is -2.25. The van der Waals surface area contributed by atoms with Crippen LogP contribution in [0.25, 0.3) is 0 Å². The molecule has 1 rings (SSSR count). The molecule has 15 heavy (non-hydrogen) atoms. The van der Waals surface area contributed by atoms with Gasteiger partial charge in [0.05, 0.1) is 6.10 Å². The van der Waals surface area contributed by atoms with Gasteiger partial charge in [-0.15, -0.1) is 0 Å². The predicted octanol–water partition coefficient (Wildman–Crippen LogP) is 1.63. The molecule has 1 saturated heterocycles. The van der Waals surface area contributed by atoms with Crippen molar-refractivity contribution < 1.29 is 4.74 Å². The third-order valence-electron chi connectivity index (χ3n) is 2.40. The number of thiocarbonyl (C=S) groups is 1. The lowest BCUT2D eigenvalue weighted by atomic mass is 10.2. The fourth-order valence-electron chi connectivity index (χ4n) is 1.58. The van der Waals surface area contributed by atoms with Crippen LogP contribution in [0.15, 0.2) is 0 Å². The average Bonchev–Trinajstić information content (AvgIpc) is 2.39. The number of rotatable bonds is 2. The molecular formula is C11H22N2OS. The highest BCUT2D eigenvalue weighted by Gasteiger charge is 2.16. The van der Waals surface area contributed by atoms with Gasteiger partial charge < -0.3 is 15.0 Å². The van der Waals surface area contributed by atoms with Crippen molar-refractivity contribution in [1.82, 2.24) is 10.2 Å². The lowest BCUT2D eigenvalue weighted by Crippen LogP contribution is -2.43. The van der Waals surface area contributed by atoms with Crippen molar-refractivity contribution in [3.63, 3.8) is 0 Å². The number of hydrogen-bond donors (Lipinski definition) is 1. The first-order valence-corrected chi connectivity index (χ1v) is 6.14. The van der Waals surface area contributed by atoms with E-state index in [4.69, 9.17) is 17.0 Å². The van der Waals surface area contributed by atoms with E-state index >= 15 is 0 Å². The summed E-state index contributed by atoms with van der Waals surface area (Å²) in [6.45, 7) is 10.2. The Balaban J connectivity index is 2.36. The van der Waals surface area contributed by atoms with Gasteiger partial charge >= 0.3 is 0 Å². The third kappa shape index (κ3) is 4.80. The van der Waals surface area contributed by atoms with Crippen LogP contribution in [0.3, 0.4) is 0 Å².